The predicted molar refractivity (Wildman–Crippen MR) is 90.5 cm³/mol. The highest BCUT2D eigenvalue weighted by atomic mass is 32.2. The molecule has 1 saturated heterocycles. The van der Waals surface area contributed by atoms with Gasteiger partial charge >= 0.3 is 12.0 Å². The Hall–Kier alpha value is -1.74. The van der Waals surface area contributed by atoms with E-state index in [1.165, 1.54) is 0 Å². The normalized spacial score (nSPS) is 23.5. The van der Waals surface area contributed by atoms with Crippen LogP contribution >= 0.6 is 11.8 Å². The molecule has 0 bridgehead atoms. The molecule has 2 unspecified atom stereocenters. The molecule has 2 atom stereocenters. The number of rotatable bonds is 6. The minimum Gasteiger partial charge on any atom is -0.465 e. The van der Waals surface area contributed by atoms with E-state index in [4.69, 9.17) is 9.47 Å². The van der Waals surface area contributed by atoms with Crippen molar-refractivity contribution in [2.45, 2.75) is 32.8 Å². The highest BCUT2D eigenvalue weighted by Gasteiger charge is 2.33. The van der Waals surface area contributed by atoms with Crippen molar-refractivity contribution in [2.24, 2.45) is 15.9 Å². The summed E-state index contributed by atoms with van der Waals surface area (Å²) in [7, 11) is 0. The van der Waals surface area contributed by atoms with Gasteiger partial charge < -0.3 is 14.8 Å². The molecule has 3 amide bonds. The molecule has 2 aliphatic rings. The first-order valence-corrected chi connectivity index (χ1v) is 8.85. The third-order valence-corrected chi connectivity index (χ3v) is 4.60. The molecule has 0 aromatic heterocycles. The van der Waals surface area contributed by atoms with Crippen LogP contribution < -0.4 is 5.32 Å². The summed E-state index contributed by atoms with van der Waals surface area (Å²) in [5.41, 5.74) is 0.329. The quantitative estimate of drug-likeness (QED) is 0.717. The van der Waals surface area contributed by atoms with E-state index < -0.39 is 17.9 Å². The number of thioether (sulfide) groups is 1. The minimum atomic E-state index is -0.821. The number of aliphatic imine (C=N–C) groups is 2. The van der Waals surface area contributed by atoms with Crippen LogP contribution in [0.2, 0.25) is 0 Å². The highest BCUT2D eigenvalue weighted by molar-refractivity contribution is 8.14. The summed E-state index contributed by atoms with van der Waals surface area (Å²) < 4.78 is 10.4. The summed E-state index contributed by atoms with van der Waals surface area (Å²) in [6, 6.07) is -0.671. The van der Waals surface area contributed by atoms with Crippen molar-refractivity contribution in [1.82, 2.24) is 5.32 Å². The van der Waals surface area contributed by atoms with Gasteiger partial charge in [0.1, 0.15) is 5.92 Å². The van der Waals surface area contributed by atoms with E-state index in [1.807, 2.05) is 0 Å². The van der Waals surface area contributed by atoms with E-state index >= 15 is 0 Å². The third-order valence-electron chi connectivity index (χ3n) is 3.57. The molecule has 2 rings (SSSR count). The van der Waals surface area contributed by atoms with Gasteiger partial charge in [0.05, 0.1) is 23.5 Å². The van der Waals surface area contributed by atoms with Crippen LogP contribution in [0.3, 0.4) is 0 Å². The molecule has 0 saturated carbocycles. The molecule has 2 aliphatic heterocycles. The number of urea groups is 1. The zero-order chi connectivity index (χ0) is 17.5. The molecule has 24 heavy (non-hydrogen) atoms. The van der Waals surface area contributed by atoms with Crippen molar-refractivity contribution in [3.05, 3.63) is 0 Å². The van der Waals surface area contributed by atoms with Crippen LogP contribution in [0.15, 0.2) is 9.98 Å². The average molecular weight is 355 g/mol. The Morgan fingerprint density at radius 2 is 2.21 bits per heavy atom. The first-order valence-electron chi connectivity index (χ1n) is 7.86. The lowest BCUT2D eigenvalue weighted by atomic mass is 10.1. The molecular weight excluding hydrogens is 334 g/mol. The van der Waals surface area contributed by atoms with Crippen LogP contribution in [0, 0.1) is 5.92 Å². The molecule has 0 spiro atoms. The smallest absolute Gasteiger partial charge is 0.367 e. The van der Waals surface area contributed by atoms with Crippen molar-refractivity contribution in [3.8, 4) is 0 Å². The lowest BCUT2D eigenvalue weighted by Crippen LogP contribution is -2.36. The molecule has 8 nitrogen and oxygen atoms in total. The molecule has 132 valence electrons. The van der Waals surface area contributed by atoms with Crippen LogP contribution in [0.5, 0.6) is 0 Å². The standard InChI is InChI=1S/C15H21N3O5S/c1-3-22-14(20)12-9(2)17-15(21)18-13(12)24-8-11(19)16-7-10-5-4-6-23-10/h10,12H,3-8H2,1-2H3,(H,16,19). The highest BCUT2D eigenvalue weighted by Crippen LogP contribution is 2.21. The van der Waals surface area contributed by atoms with E-state index in [9.17, 15) is 14.4 Å². The van der Waals surface area contributed by atoms with Crippen molar-refractivity contribution in [3.63, 3.8) is 0 Å². The Balaban J connectivity index is 1.89. The van der Waals surface area contributed by atoms with Gasteiger partial charge in [0.25, 0.3) is 0 Å². The van der Waals surface area contributed by atoms with E-state index in [2.05, 4.69) is 15.3 Å². The van der Waals surface area contributed by atoms with Gasteiger partial charge in [0.15, 0.2) is 0 Å². The lowest BCUT2D eigenvalue weighted by molar-refractivity contribution is -0.143. The topological polar surface area (TPSA) is 106 Å². The van der Waals surface area contributed by atoms with Crippen LogP contribution in [-0.4, -0.2) is 60.3 Å². The number of carbonyl (C=O) groups excluding carboxylic acids is 3. The second-order valence-corrected chi connectivity index (χ2v) is 6.39. The van der Waals surface area contributed by atoms with Gasteiger partial charge in [-0.25, -0.2) is 4.79 Å². The summed E-state index contributed by atoms with van der Waals surface area (Å²) in [4.78, 5) is 42.9. The van der Waals surface area contributed by atoms with E-state index in [-0.39, 0.29) is 29.4 Å². The monoisotopic (exact) mass is 355 g/mol. The fraction of sp³-hybridized carbons (Fsp3) is 0.667. The summed E-state index contributed by atoms with van der Waals surface area (Å²) in [6.45, 7) is 4.68. The first kappa shape index (κ1) is 18.6. The second-order valence-electron chi connectivity index (χ2n) is 5.40. The molecule has 0 aromatic rings. The van der Waals surface area contributed by atoms with Gasteiger partial charge in [-0.1, -0.05) is 11.8 Å². The van der Waals surface area contributed by atoms with Crippen molar-refractivity contribution in [2.75, 3.05) is 25.5 Å². The summed E-state index contributed by atoms with van der Waals surface area (Å²) in [5, 5.41) is 3.03. The molecule has 1 fully saturated rings. The van der Waals surface area contributed by atoms with Gasteiger partial charge in [-0.05, 0) is 26.7 Å². The van der Waals surface area contributed by atoms with E-state index in [0.717, 1.165) is 31.2 Å². The number of nitrogens with zero attached hydrogens (tertiary/aromatic N) is 2. The maximum Gasteiger partial charge on any atom is 0.367 e. The first-order chi connectivity index (χ1) is 11.5. The Kier molecular flexibility index (Phi) is 6.92. The number of hydrogen-bond donors (Lipinski definition) is 1. The van der Waals surface area contributed by atoms with Gasteiger partial charge in [-0.3, -0.25) is 9.59 Å². The van der Waals surface area contributed by atoms with Gasteiger partial charge in [0.2, 0.25) is 5.91 Å². The molecule has 1 N–H and O–H groups in total. The summed E-state index contributed by atoms with van der Waals surface area (Å²) in [5.74, 6) is -1.48. The maximum atomic E-state index is 12.0. The third kappa shape index (κ3) is 5.13. The van der Waals surface area contributed by atoms with E-state index in [1.54, 1.807) is 13.8 Å². The van der Waals surface area contributed by atoms with Crippen LogP contribution in [-0.2, 0) is 19.1 Å². The molecule has 0 aromatic carbocycles. The van der Waals surface area contributed by atoms with Crippen LogP contribution in [0.4, 0.5) is 4.79 Å². The molecule has 9 heteroatoms. The zero-order valence-corrected chi connectivity index (χ0v) is 14.6. The largest absolute Gasteiger partial charge is 0.465 e. The number of amides is 3. The fourth-order valence-electron chi connectivity index (χ4n) is 2.41. The number of carbonyl (C=O) groups is 3. The zero-order valence-electron chi connectivity index (χ0n) is 13.7. The number of nitrogens with one attached hydrogen (secondary N) is 1. The van der Waals surface area contributed by atoms with Gasteiger partial charge in [-0.2, -0.15) is 9.98 Å². The molecular formula is C15H21N3O5S. The fourth-order valence-corrected chi connectivity index (χ4v) is 3.37. The number of ether oxygens (including phenoxy) is 2. The van der Waals surface area contributed by atoms with Crippen molar-refractivity contribution in [1.29, 1.82) is 0 Å². The second kappa shape index (κ2) is 8.93. The van der Waals surface area contributed by atoms with Gasteiger partial charge in [-0.15, -0.1) is 0 Å². The van der Waals surface area contributed by atoms with E-state index in [0.29, 0.717) is 12.3 Å². The molecule has 0 radical (unpaired) electrons. The Morgan fingerprint density at radius 1 is 1.42 bits per heavy atom. The molecule has 0 aliphatic carbocycles. The van der Waals surface area contributed by atoms with Crippen molar-refractivity contribution >= 4 is 40.4 Å². The summed E-state index contributed by atoms with van der Waals surface area (Å²) in [6.07, 6.45) is 2.01. The Bertz CT molecular complexity index is 569. The lowest BCUT2D eigenvalue weighted by Gasteiger charge is -2.19. The predicted octanol–water partition coefficient (Wildman–Crippen LogP) is 1.19. The maximum absolute atomic E-state index is 12.0. The molecule has 2 heterocycles. The van der Waals surface area contributed by atoms with Crippen LogP contribution in [0.1, 0.15) is 26.7 Å². The summed E-state index contributed by atoms with van der Waals surface area (Å²) >= 11 is 1.05. The number of hydrogen-bond acceptors (Lipinski definition) is 6. The van der Waals surface area contributed by atoms with Gasteiger partial charge in [0, 0.05) is 18.9 Å². The van der Waals surface area contributed by atoms with Crippen molar-refractivity contribution < 1.29 is 23.9 Å². The number of esters is 1. The Morgan fingerprint density at radius 3 is 2.88 bits per heavy atom. The Labute approximate surface area is 144 Å². The SMILES string of the molecule is CCOC(=O)C1C(C)=NC(=O)N=C1SCC(=O)NCC1CCCO1. The minimum absolute atomic E-state index is 0.0576. The average Bonchev–Trinajstić information content (AvgIpc) is 3.03. The van der Waals surface area contributed by atoms with Crippen LogP contribution in [0.25, 0.3) is 0 Å².